The second-order valence-corrected chi connectivity index (χ2v) is 7.94. The molecule has 0 saturated heterocycles. The van der Waals surface area contributed by atoms with E-state index in [9.17, 15) is 0 Å². The number of hydrogen-bond donors (Lipinski definition) is 0. The van der Waals surface area contributed by atoms with Crippen molar-refractivity contribution in [3.8, 4) is 0 Å². The van der Waals surface area contributed by atoms with Crippen molar-refractivity contribution in [3.63, 3.8) is 0 Å². The standard InChI is InChI=1S/C26H30/c1-16-8-10-23(11-9-16)26(24-14-18(3)22(7)19(4)15-24)25-20(5)12-17(2)13-21(25)6/h8-15,26H,1-7H3. The maximum atomic E-state index is 2.38. The molecule has 0 N–H and O–H groups in total. The molecule has 26 heavy (non-hydrogen) atoms. The number of hydrogen-bond acceptors (Lipinski definition) is 0. The van der Waals surface area contributed by atoms with Crippen LogP contribution in [0, 0.1) is 48.5 Å². The molecule has 0 aliphatic heterocycles. The molecule has 0 radical (unpaired) electrons. The van der Waals surface area contributed by atoms with E-state index in [1.165, 1.54) is 55.6 Å². The Bertz CT molecular complexity index is 896. The van der Waals surface area contributed by atoms with Gasteiger partial charge in [-0.15, -0.1) is 0 Å². The lowest BCUT2D eigenvalue weighted by Crippen LogP contribution is -2.09. The summed E-state index contributed by atoms with van der Waals surface area (Å²) >= 11 is 0. The average molecular weight is 343 g/mol. The minimum atomic E-state index is 0.272. The molecule has 0 saturated carbocycles. The highest BCUT2D eigenvalue weighted by atomic mass is 14.3. The second-order valence-electron chi connectivity index (χ2n) is 7.94. The lowest BCUT2D eigenvalue weighted by atomic mass is 9.79. The van der Waals surface area contributed by atoms with Crippen LogP contribution in [0.25, 0.3) is 0 Å². The smallest absolute Gasteiger partial charge is 0.0345 e. The fourth-order valence-corrected chi connectivity index (χ4v) is 4.17. The van der Waals surface area contributed by atoms with Gasteiger partial charge in [-0.25, -0.2) is 0 Å². The topological polar surface area (TPSA) is 0 Å². The van der Waals surface area contributed by atoms with E-state index in [1.54, 1.807) is 0 Å². The van der Waals surface area contributed by atoms with Crippen LogP contribution in [-0.4, -0.2) is 0 Å². The van der Waals surface area contributed by atoms with Gasteiger partial charge >= 0.3 is 0 Å². The highest BCUT2D eigenvalue weighted by molar-refractivity contribution is 5.53. The summed E-state index contributed by atoms with van der Waals surface area (Å²) in [5.41, 5.74) is 13.8. The summed E-state index contributed by atoms with van der Waals surface area (Å²) in [6.07, 6.45) is 0. The van der Waals surface area contributed by atoms with Crippen LogP contribution in [0.4, 0.5) is 0 Å². The molecule has 1 unspecified atom stereocenters. The Morgan fingerprint density at radius 2 is 1.00 bits per heavy atom. The van der Waals surface area contributed by atoms with E-state index in [-0.39, 0.29) is 5.92 Å². The zero-order valence-electron chi connectivity index (χ0n) is 17.2. The normalized spacial score (nSPS) is 12.3. The molecule has 0 heterocycles. The minimum absolute atomic E-state index is 0.272. The first-order valence-electron chi connectivity index (χ1n) is 9.50. The molecule has 3 aromatic rings. The van der Waals surface area contributed by atoms with Crippen molar-refractivity contribution in [3.05, 3.63) is 104 Å². The first-order chi connectivity index (χ1) is 12.3. The molecule has 0 aliphatic rings. The van der Waals surface area contributed by atoms with Crippen molar-refractivity contribution in [1.82, 2.24) is 0 Å². The molecule has 0 aromatic heterocycles. The van der Waals surface area contributed by atoms with Crippen molar-refractivity contribution < 1.29 is 0 Å². The third-order valence-corrected chi connectivity index (χ3v) is 5.72. The zero-order chi connectivity index (χ0) is 19.0. The monoisotopic (exact) mass is 342 g/mol. The van der Waals surface area contributed by atoms with Gasteiger partial charge in [0.25, 0.3) is 0 Å². The molecule has 0 bridgehead atoms. The molecule has 1 atom stereocenters. The molecular weight excluding hydrogens is 312 g/mol. The Hall–Kier alpha value is -2.34. The highest BCUT2D eigenvalue weighted by Gasteiger charge is 2.22. The Balaban J connectivity index is 2.29. The molecular formula is C26H30. The van der Waals surface area contributed by atoms with Gasteiger partial charge in [0.15, 0.2) is 0 Å². The summed E-state index contributed by atoms with van der Waals surface area (Å²) in [7, 11) is 0. The second kappa shape index (κ2) is 7.11. The van der Waals surface area contributed by atoms with E-state index in [0.29, 0.717) is 0 Å². The van der Waals surface area contributed by atoms with Gasteiger partial charge in [0, 0.05) is 5.92 Å². The zero-order valence-corrected chi connectivity index (χ0v) is 17.2. The van der Waals surface area contributed by atoms with Crippen LogP contribution >= 0.6 is 0 Å². The molecule has 0 aliphatic carbocycles. The van der Waals surface area contributed by atoms with Gasteiger partial charge in [-0.05, 0) is 93.0 Å². The van der Waals surface area contributed by atoms with Gasteiger partial charge in [0.05, 0.1) is 0 Å². The summed E-state index contributed by atoms with van der Waals surface area (Å²) < 4.78 is 0. The van der Waals surface area contributed by atoms with Crippen molar-refractivity contribution in [2.24, 2.45) is 0 Å². The fraction of sp³-hybridized carbons (Fsp3) is 0.308. The molecule has 0 fully saturated rings. The SMILES string of the molecule is Cc1ccc(C(c2cc(C)c(C)c(C)c2)c2c(C)cc(C)cc2C)cc1. The van der Waals surface area contributed by atoms with Crippen LogP contribution in [0.3, 0.4) is 0 Å². The van der Waals surface area contributed by atoms with E-state index in [0.717, 1.165) is 0 Å². The van der Waals surface area contributed by atoms with Gasteiger partial charge in [0.1, 0.15) is 0 Å². The van der Waals surface area contributed by atoms with E-state index in [2.05, 4.69) is 97.0 Å². The number of rotatable bonds is 3. The van der Waals surface area contributed by atoms with E-state index in [4.69, 9.17) is 0 Å². The molecule has 3 rings (SSSR count). The van der Waals surface area contributed by atoms with Crippen LogP contribution in [0.15, 0.2) is 48.5 Å². The minimum Gasteiger partial charge on any atom is -0.0590 e. The maximum absolute atomic E-state index is 2.38. The molecule has 0 spiro atoms. The summed E-state index contributed by atoms with van der Waals surface area (Å²) in [5.74, 6) is 0.272. The van der Waals surface area contributed by atoms with Crippen LogP contribution < -0.4 is 0 Å². The summed E-state index contributed by atoms with van der Waals surface area (Å²) in [4.78, 5) is 0. The summed E-state index contributed by atoms with van der Waals surface area (Å²) in [6.45, 7) is 15.5. The molecule has 0 nitrogen and oxygen atoms in total. The van der Waals surface area contributed by atoms with Crippen LogP contribution in [0.1, 0.15) is 61.6 Å². The number of aryl methyl sites for hydroxylation is 6. The average Bonchev–Trinajstić information content (AvgIpc) is 2.56. The van der Waals surface area contributed by atoms with Gasteiger partial charge in [-0.1, -0.05) is 59.7 Å². The summed E-state index contributed by atoms with van der Waals surface area (Å²) in [6, 6.07) is 18.4. The quantitative estimate of drug-likeness (QED) is 0.448. The van der Waals surface area contributed by atoms with Crippen molar-refractivity contribution in [2.45, 2.75) is 54.4 Å². The third-order valence-electron chi connectivity index (χ3n) is 5.72. The Labute approximate surface area is 158 Å². The van der Waals surface area contributed by atoms with Crippen LogP contribution in [-0.2, 0) is 0 Å². The first-order valence-corrected chi connectivity index (χ1v) is 9.50. The van der Waals surface area contributed by atoms with Crippen LogP contribution in [0.5, 0.6) is 0 Å². The lowest BCUT2D eigenvalue weighted by molar-refractivity contribution is 0.937. The van der Waals surface area contributed by atoms with Crippen molar-refractivity contribution >= 4 is 0 Å². The lowest BCUT2D eigenvalue weighted by Gasteiger charge is -2.25. The Morgan fingerprint density at radius 1 is 0.500 bits per heavy atom. The Kier molecular flexibility index (Phi) is 5.05. The van der Waals surface area contributed by atoms with Crippen molar-refractivity contribution in [2.75, 3.05) is 0 Å². The maximum Gasteiger partial charge on any atom is 0.0345 e. The third kappa shape index (κ3) is 3.46. The van der Waals surface area contributed by atoms with Gasteiger partial charge in [0.2, 0.25) is 0 Å². The highest BCUT2D eigenvalue weighted by Crippen LogP contribution is 2.37. The first kappa shape index (κ1) is 18.5. The van der Waals surface area contributed by atoms with Crippen molar-refractivity contribution in [1.29, 1.82) is 0 Å². The molecule has 0 amide bonds. The predicted molar refractivity (Wildman–Crippen MR) is 113 cm³/mol. The summed E-state index contributed by atoms with van der Waals surface area (Å²) in [5, 5.41) is 0. The predicted octanol–water partition coefficient (Wildman–Crippen LogP) is 7.03. The largest absolute Gasteiger partial charge is 0.0590 e. The van der Waals surface area contributed by atoms with Crippen LogP contribution in [0.2, 0.25) is 0 Å². The van der Waals surface area contributed by atoms with Gasteiger partial charge < -0.3 is 0 Å². The molecule has 134 valence electrons. The fourth-order valence-electron chi connectivity index (χ4n) is 4.17. The molecule has 3 aromatic carbocycles. The number of benzene rings is 3. The van der Waals surface area contributed by atoms with E-state index >= 15 is 0 Å². The van der Waals surface area contributed by atoms with E-state index < -0.39 is 0 Å². The molecule has 0 heteroatoms. The van der Waals surface area contributed by atoms with Gasteiger partial charge in [-0.2, -0.15) is 0 Å². The Morgan fingerprint density at radius 3 is 1.50 bits per heavy atom. The van der Waals surface area contributed by atoms with Gasteiger partial charge in [-0.3, -0.25) is 0 Å². The van der Waals surface area contributed by atoms with E-state index in [1.807, 2.05) is 0 Å².